The molecule has 1 N–H and O–H groups in total. The molecule has 1 unspecified atom stereocenters. The largest absolute Gasteiger partial charge is 0.411 e. The van der Waals surface area contributed by atoms with Crippen LogP contribution in [0.15, 0.2) is 0 Å². The van der Waals surface area contributed by atoms with Crippen LogP contribution in [0.4, 0.5) is 0 Å². The molecule has 1 aliphatic heterocycles. The third kappa shape index (κ3) is 2.13. The predicted octanol–water partition coefficient (Wildman–Crippen LogP) is -1.60. The average molecular weight is 118 g/mol. The van der Waals surface area contributed by atoms with E-state index >= 15 is 0 Å². The van der Waals surface area contributed by atoms with Crippen molar-refractivity contribution in [1.29, 1.82) is 0 Å². The molecule has 1 nitrogen and oxygen atoms in total. The maximum absolute atomic E-state index is 3.42. The zero-order valence-corrected chi connectivity index (χ0v) is 6.48. The number of hydrogen-bond acceptors (Lipinski definition) is 1. The Hall–Kier alpha value is 0.220. The summed E-state index contributed by atoms with van der Waals surface area (Å²) < 4.78 is 0. The first-order valence-electron chi connectivity index (χ1n) is 4.01. The van der Waals surface area contributed by atoms with E-state index in [9.17, 15) is 0 Å². The van der Waals surface area contributed by atoms with E-state index in [4.69, 9.17) is 0 Å². The molecule has 0 spiro atoms. The van der Waals surface area contributed by atoms with Crippen LogP contribution in [0.25, 0.3) is 0 Å². The number of rotatable bonds is 1. The van der Waals surface area contributed by atoms with Gasteiger partial charge in [0.2, 0.25) is 0 Å². The second-order valence-corrected chi connectivity index (χ2v) is 3.35. The number of hydrogen-bond donors (Lipinski definition) is 1. The Bertz CT molecular complexity index is 80.6. The summed E-state index contributed by atoms with van der Waals surface area (Å²) >= 11 is 0. The second kappa shape index (κ2) is 3.40. The Labute approximate surface area is 60.3 Å². The minimum absolute atomic E-state index is 0.873. The van der Waals surface area contributed by atoms with Gasteiger partial charge in [-0.05, 0) is 0 Å². The zero-order valence-electron chi connectivity index (χ0n) is 6.48. The molecule has 1 atom stereocenters. The van der Waals surface area contributed by atoms with Crippen LogP contribution in [-0.4, -0.2) is 29.0 Å². The summed E-state index contributed by atoms with van der Waals surface area (Å²) in [5.41, 5.74) is 0.943. The molecular weight excluding hydrogens is 105 g/mol. The van der Waals surface area contributed by atoms with Crippen LogP contribution in [0.5, 0.6) is 0 Å². The molecule has 0 radical (unpaired) electrons. The van der Waals surface area contributed by atoms with Gasteiger partial charge in [-0.25, -0.2) is 0 Å². The molecule has 0 bridgehead atoms. The maximum atomic E-state index is 3.42. The molecule has 9 heavy (non-hydrogen) atoms. The molecule has 0 amide bonds. The van der Waals surface area contributed by atoms with Crippen LogP contribution >= 0.6 is 0 Å². The predicted molar refractivity (Wildman–Crippen MR) is 50.3 cm³/mol. The Kier molecular flexibility index (Phi) is 2.77. The van der Waals surface area contributed by atoms with Crippen molar-refractivity contribution in [3.8, 4) is 0 Å². The van der Waals surface area contributed by atoms with E-state index in [1.54, 1.807) is 0 Å². The van der Waals surface area contributed by atoms with Gasteiger partial charge in [-0.15, -0.1) is 0 Å². The lowest BCUT2D eigenvalue weighted by Gasteiger charge is -2.22. The van der Waals surface area contributed by atoms with Crippen molar-refractivity contribution in [1.82, 2.24) is 5.14 Å². The van der Waals surface area contributed by atoms with Gasteiger partial charge in [0.15, 0.2) is 7.41 Å². The fourth-order valence-electron chi connectivity index (χ4n) is 1.45. The first kappa shape index (κ1) is 7.33. The highest BCUT2D eigenvalue weighted by Gasteiger charge is 2.19. The Balaban J connectivity index is 2.23. The van der Waals surface area contributed by atoms with E-state index in [0.29, 0.717) is 0 Å². The smallest absolute Gasteiger partial charge is 0.184 e. The first-order valence-corrected chi connectivity index (χ1v) is 4.01. The minimum atomic E-state index is 0.873. The van der Waals surface area contributed by atoms with E-state index in [-0.39, 0.29) is 0 Å². The van der Waals surface area contributed by atoms with Crippen molar-refractivity contribution >= 4 is 29.0 Å². The van der Waals surface area contributed by atoms with Crippen LogP contribution in [0.3, 0.4) is 0 Å². The zero-order chi connectivity index (χ0) is 6.69. The quantitative estimate of drug-likeness (QED) is 0.409. The molecule has 5 heteroatoms. The lowest BCUT2D eigenvalue weighted by atomic mass is 9.12. The van der Waals surface area contributed by atoms with Crippen molar-refractivity contribution in [3.63, 3.8) is 0 Å². The summed E-state index contributed by atoms with van der Waals surface area (Å²) in [7, 11) is 5.30. The monoisotopic (exact) mass is 119 g/mol. The molecule has 0 aromatic carbocycles. The highest BCUT2D eigenvalue weighted by Crippen LogP contribution is 2.13. The van der Waals surface area contributed by atoms with E-state index in [1.807, 2.05) is 0 Å². The van der Waals surface area contributed by atoms with Crippen LogP contribution in [-0.2, 0) is 0 Å². The summed E-state index contributed by atoms with van der Waals surface area (Å²) in [6.45, 7) is 4.63. The highest BCUT2D eigenvalue weighted by atomic mass is 14.6. The lowest BCUT2D eigenvalue weighted by Crippen LogP contribution is -2.44. The molecular formula is C4H13B4N. The minimum Gasteiger partial charge on any atom is -0.411 e. The van der Waals surface area contributed by atoms with Crippen molar-refractivity contribution in [3.05, 3.63) is 0 Å². The van der Waals surface area contributed by atoms with E-state index in [0.717, 1.165) is 11.6 Å². The molecule has 0 saturated carbocycles. The van der Waals surface area contributed by atoms with Gasteiger partial charge in [0.1, 0.15) is 7.31 Å². The topological polar surface area (TPSA) is 12.0 Å². The molecule has 1 fully saturated rings. The molecule has 0 aromatic heterocycles. The third-order valence-corrected chi connectivity index (χ3v) is 2.28. The fourth-order valence-corrected chi connectivity index (χ4v) is 1.45. The Morgan fingerprint density at radius 3 is 2.56 bits per heavy atom. The van der Waals surface area contributed by atoms with Gasteiger partial charge in [0, 0.05) is 0 Å². The number of nitrogens with one attached hydrogen (secondary N) is 1. The van der Waals surface area contributed by atoms with Crippen molar-refractivity contribution in [2.75, 3.05) is 0 Å². The second-order valence-electron chi connectivity index (χ2n) is 3.35. The fraction of sp³-hybridized carbons (Fsp3) is 1.00. The summed E-state index contributed by atoms with van der Waals surface area (Å²) in [6.07, 6.45) is 0. The van der Waals surface area contributed by atoms with Gasteiger partial charge < -0.3 is 5.14 Å². The molecule has 1 aliphatic rings. The van der Waals surface area contributed by atoms with Gasteiger partial charge in [0.25, 0.3) is 0 Å². The van der Waals surface area contributed by atoms with E-state index in [2.05, 4.69) is 19.0 Å². The highest BCUT2D eigenvalue weighted by molar-refractivity contribution is 7.32. The SMILES string of the molecule is CC(C)C1BBBNB1. The maximum Gasteiger partial charge on any atom is 0.184 e. The molecule has 1 saturated heterocycles. The standard InChI is InChI=1S/C4H13B4N/c1-3(2)4-5-7-8-9-6-4/h3-9H,1-2H3. The van der Waals surface area contributed by atoms with Gasteiger partial charge in [-0.3, -0.25) is 0 Å². The molecule has 0 aromatic rings. The van der Waals surface area contributed by atoms with Crippen molar-refractivity contribution in [2.45, 2.75) is 19.6 Å². The van der Waals surface area contributed by atoms with Crippen molar-refractivity contribution in [2.24, 2.45) is 5.92 Å². The van der Waals surface area contributed by atoms with Gasteiger partial charge >= 0.3 is 0 Å². The van der Waals surface area contributed by atoms with Crippen LogP contribution in [0.1, 0.15) is 13.8 Å². The molecule has 1 rings (SSSR count). The Morgan fingerprint density at radius 2 is 2.22 bits per heavy atom. The summed E-state index contributed by atoms with van der Waals surface area (Å²) in [6, 6.07) is 0. The summed E-state index contributed by atoms with van der Waals surface area (Å²) in [4.78, 5) is 0. The molecule has 0 aliphatic carbocycles. The summed E-state index contributed by atoms with van der Waals surface area (Å²) in [5, 5.41) is 3.42. The van der Waals surface area contributed by atoms with E-state index in [1.165, 1.54) is 29.0 Å². The Morgan fingerprint density at radius 1 is 1.44 bits per heavy atom. The van der Waals surface area contributed by atoms with E-state index < -0.39 is 0 Å². The average Bonchev–Trinajstić information content (AvgIpc) is 1.90. The third-order valence-electron chi connectivity index (χ3n) is 2.28. The molecule has 46 valence electrons. The summed E-state index contributed by atoms with van der Waals surface area (Å²) in [5.74, 6) is 0.873. The van der Waals surface area contributed by atoms with Gasteiger partial charge in [-0.2, -0.15) is 0 Å². The van der Waals surface area contributed by atoms with Gasteiger partial charge in [0.05, 0.1) is 14.2 Å². The van der Waals surface area contributed by atoms with Crippen molar-refractivity contribution < 1.29 is 0 Å². The first-order chi connectivity index (χ1) is 4.30. The van der Waals surface area contributed by atoms with Gasteiger partial charge in [-0.1, -0.05) is 25.5 Å². The van der Waals surface area contributed by atoms with Crippen LogP contribution in [0, 0.1) is 5.92 Å². The van der Waals surface area contributed by atoms with Crippen LogP contribution in [0.2, 0.25) is 5.72 Å². The normalized spacial score (nSPS) is 25.4. The lowest BCUT2D eigenvalue weighted by molar-refractivity contribution is 0.691. The van der Waals surface area contributed by atoms with Crippen LogP contribution < -0.4 is 5.14 Å². The molecule has 1 heterocycles.